The van der Waals surface area contributed by atoms with E-state index in [-0.39, 0.29) is 42.5 Å². The molecule has 3 atom stereocenters. The second-order valence-electron chi connectivity index (χ2n) is 13.1. The van der Waals surface area contributed by atoms with Crippen molar-refractivity contribution in [3.63, 3.8) is 0 Å². The number of amides is 4. The number of aromatic nitrogens is 4. The molecule has 4 aromatic rings. The fraction of sp³-hybridized carbons (Fsp3) is 0.447. The molecule has 5 rings (SSSR count). The first kappa shape index (κ1) is 38.5. The Bertz CT molecular complexity index is 1860. The molecule has 2 aromatic carbocycles. The third kappa shape index (κ3) is 9.99. The molecule has 0 aliphatic carbocycles. The van der Waals surface area contributed by atoms with Gasteiger partial charge in [0, 0.05) is 43.6 Å². The molecule has 2 aromatic heterocycles. The first-order valence-corrected chi connectivity index (χ1v) is 17.9. The number of benzene rings is 2. The summed E-state index contributed by atoms with van der Waals surface area (Å²) in [5.41, 5.74) is 2.13. The van der Waals surface area contributed by atoms with Crippen LogP contribution in [0.3, 0.4) is 0 Å². The average molecular weight is 729 g/mol. The highest BCUT2D eigenvalue weighted by Gasteiger charge is 2.29. The first-order valence-electron chi connectivity index (χ1n) is 17.9. The first-order chi connectivity index (χ1) is 25.6. The standard InChI is InChI=1S/C38H48N8O7/c1-6-24(2)35-37(49)41-25(3)36-42-32(20-26-10-15-29(51-4)30(19-26)52-5)44-46(36)22-34(48)40-16-8-18-45(17-7-9-33(47)43-35)38(50)28-13-11-27(12-14-28)31-21-39-23-53-31/h10-15,19,21,23-25,35H,6-9,16-18,20,22H2,1-5H3,(H,40,48)(H,41,49)(H,43,47)/t24-,25+,35-/m0/s1. The number of nitrogens with zero attached hydrogens (tertiary/aromatic N) is 5. The van der Waals surface area contributed by atoms with Gasteiger partial charge in [0.2, 0.25) is 17.7 Å². The Hall–Kier alpha value is -5.73. The van der Waals surface area contributed by atoms with Crippen LogP contribution >= 0.6 is 0 Å². The van der Waals surface area contributed by atoms with E-state index >= 15 is 0 Å². The molecule has 3 N–H and O–H groups in total. The van der Waals surface area contributed by atoms with Crippen molar-refractivity contribution in [3.05, 3.63) is 77.8 Å². The van der Waals surface area contributed by atoms with Gasteiger partial charge in [-0.2, -0.15) is 5.10 Å². The molecule has 0 bridgehead atoms. The maximum atomic E-state index is 13.7. The average Bonchev–Trinajstić information content (AvgIpc) is 3.84. The van der Waals surface area contributed by atoms with E-state index in [2.05, 4.69) is 26.0 Å². The van der Waals surface area contributed by atoms with Crippen LogP contribution in [0.5, 0.6) is 11.5 Å². The number of carbonyl (C=O) groups is 4. The fourth-order valence-corrected chi connectivity index (χ4v) is 6.16. The molecular formula is C38H48N8O7. The van der Waals surface area contributed by atoms with Crippen LogP contribution in [0.4, 0.5) is 0 Å². The van der Waals surface area contributed by atoms with Crippen molar-refractivity contribution in [2.45, 2.75) is 71.5 Å². The minimum absolute atomic E-state index is 0.120. The zero-order valence-electron chi connectivity index (χ0n) is 30.9. The Labute approximate surface area is 308 Å². The Morgan fingerprint density at radius 2 is 1.75 bits per heavy atom. The molecule has 0 unspecified atom stereocenters. The highest BCUT2D eigenvalue weighted by atomic mass is 16.5. The van der Waals surface area contributed by atoms with Crippen LogP contribution in [0.25, 0.3) is 11.3 Å². The van der Waals surface area contributed by atoms with Gasteiger partial charge in [0.15, 0.2) is 29.5 Å². The molecule has 0 saturated carbocycles. The van der Waals surface area contributed by atoms with Gasteiger partial charge < -0.3 is 34.7 Å². The number of hydrogen-bond acceptors (Lipinski definition) is 10. The number of rotatable bonds is 8. The van der Waals surface area contributed by atoms with Crippen molar-refractivity contribution in [1.82, 2.24) is 40.6 Å². The number of oxazole rings is 1. The number of fused-ring (bicyclic) bond motifs is 1. The molecule has 3 heterocycles. The van der Waals surface area contributed by atoms with Gasteiger partial charge in [-0.3, -0.25) is 19.2 Å². The summed E-state index contributed by atoms with van der Waals surface area (Å²) in [5, 5.41) is 13.5. The zero-order valence-corrected chi connectivity index (χ0v) is 30.9. The predicted molar refractivity (Wildman–Crippen MR) is 195 cm³/mol. The van der Waals surface area contributed by atoms with Crippen LogP contribution in [-0.4, -0.2) is 88.2 Å². The third-order valence-electron chi connectivity index (χ3n) is 9.30. The summed E-state index contributed by atoms with van der Waals surface area (Å²) in [5.74, 6) is 1.27. The topological polar surface area (TPSA) is 183 Å². The molecule has 0 spiro atoms. The summed E-state index contributed by atoms with van der Waals surface area (Å²) in [6.45, 7) is 6.46. The molecule has 0 radical (unpaired) electrons. The number of methoxy groups -OCH3 is 2. The van der Waals surface area contributed by atoms with E-state index in [1.54, 1.807) is 62.6 Å². The van der Waals surface area contributed by atoms with Crippen LogP contribution in [0.15, 0.2) is 59.5 Å². The van der Waals surface area contributed by atoms with Crippen molar-refractivity contribution in [3.8, 4) is 22.8 Å². The van der Waals surface area contributed by atoms with Crippen LogP contribution in [0.1, 0.15) is 80.1 Å². The van der Waals surface area contributed by atoms with Crippen LogP contribution in [0.2, 0.25) is 0 Å². The lowest BCUT2D eigenvalue weighted by molar-refractivity contribution is -0.130. The van der Waals surface area contributed by atoms with Gasteiger partial charge in [-0.15, -0.1) is 0 Å². The summed E-state index contributed by atoms with van der Waals surface area (Å²) >= 11 is 0. The van der Waals surface area contributed by atoms with Gasteiger partial charge in [0.1, 0.15) is 18.4 Å². The van der Waals surface area contributed by atoms with Gasteiger partial charge in [-0.05, 0) is 55.5 Å². The lowest BCUT2D eigenvalue weighted by atomic mass is 9.97. The number of hydrogen-bond donors (Lipinski definition) is 3. The lowest BCUT2D eigenvalue weighted by Gasteiger charge is -2.26. The van der Waals surface area contributed by atoms with E-state index in [1.165, 1.54) is 11.1 Å². The molecule has 4 amide bonds. The maximum Gasteiger partial charge on any atom is 0.253 e. The van der Waals surface area contributed by atoms with E-state index in [1.807, 2.05) is 26.0 Å². The van der Waals surface area contributed by atoms with Crippen LogP contribution in [-0.2, 0) is 27.3 Å². The molecule has 15 nitrogen and oxygen atoms in total. The SMILES string of the molecule is CC[C@H](C)[C@@H]1NC(=O)CCCN(C(=O)c2ccc(-c3cnco3)cc2)CCCNC(=O)Cn2nc(Cc3ccc(OC)c(OC)c3)nc2[C@@H](C)NC1=O. The zero-order chi connectivity index (χ0) is 37.9. The van der Waals surface area contributed by atoms with E-state index in [0.29, 0.717) is 79.8 Å². The van der Waals surface area contributed by atoms with Gasteiger partial charge in [0.05, 0.1) is 26.5 Å². The second kappa shape index (κ2) is 18.2. The van der Waals surface area contributed by atoms with E-state index in [0.717, 1.165) is 11.1 Å². The number of ether oxygens (including phenoxy) is 2. The summed E-state index contributed by atoms with van der Waals surface area (Å²) in [6, 6.07) is 11.1. The summed E-state index contributed by atoms with van der Waals surface area (Å²) < 4.78 is 17.7. The van der Waals surface area contributed by atoms with Crippen molar-refractivity contribution < 1.29 is 33.1 Å². The van der Waals surface area contributed by atoms with Crippen LogP contribution in [0, 0.1) is 5.92 Å². The molecular weight excluding hydrogens is 680 g/mol. The summed E-state index contributed by atoms with van der Waals surface area (Å²) in [7, 11) is 3.13. The Morgan fingerprint density at radius 3 is 2.45 bits per heavy atom. The molecule has 53 heavy (non-hydrogen) atoms. The number of carbonyl (C=O) groups excluding carboxylic acids is 4. The number of nitrogens with one attached hydrogen (secondary N) is 3. The molecule has 0 saturated heterocycles. The highest BCUT2D eigenvalue weighted by Crippen LogP contribution is 2.28. The largest absolute Gasteiger partial charge is 0.493 e. The minimum Gasteiger partial charge on any atom is -0.493 e. The third-order valence-corrected chi connectivity index (χ3v) is 9.30. The molecule has 0 fully saturated rings. The Morgan fingerprint density at radius 1 is 1.00 bits per heavy atom. The van der Waals surface area contributed by atoms with E-state index < -0.39 is 12.1 Å². The summed E-state index contributed by atoms with van der Waals surface area (Å²) in [6.07, 6.45) is 4.92. The van der Waals surface area contributed by atoms with Gasteiger partial charge in [-0.1, -0.05) is 38.5 Å². The maximum absolute atomic E-state index is 13.7. The van der Waals surface area contributed by atoms with Crippen molar-refractivity contribution in [2.24, 2.45) is 5.92 Å². The van der Waals surface area contributed by atoms with E-state index in [9.17, 15) is 19.2 Å². The summed E-state index contributed by atoms with van der Waals surface area (Å²) in [4.78, 5) is 64.3. The molecule has 1 aliphatic heterocycles. The second-order valence-corrected chi connectivity index (χ2v) is 13.1. The van der Waals surface area contributed by atoms with Crippen molar-refractivity contribution in [2.75, 3.05) is 33.9 Å². The highest BCUT2D eigenvalue weighted by molar-refractivity contribution is 5.94. The minimum atomic E-state index is -0.805. The van der Waals surface area contributed by atoms with Gasteiger partial charge in [-0.25, -0.2) is 14.6 Å². The fourth-order valence-electron chi connectivity index (χ4n) is 6.16. The smallest absolute Gasteiger partial charge is 0.253 e. The Balaban J connectivity index is 1.37. The van der Waals surface area contributed by atoms with Crippen molar-refractivity contribution >= 4 is 23.6 Å². The molecule has 282 valence electrons. The normalized spacial score (nSPS) is 18.4. The monoisotopic (exact) mass is 728 g/mol. The van der Waals surface area contributed by atoms with Crippen molar-refractivity contribution in [1.29, 1.82) is 0 Å². The van der Waals surface area contributed by atoms with E-state index in [4.69, 9.17) is 18.9 Å². The van der Waals surface area contributed by atoms with Crippen LogP contribution < -0.4 is 25.4 Å². The predicted octanol–water partition coefficient (Wildman–Crippen LogP) is 3.69. The van der Waals surface area contributed by atoms with Gasteiger partial charge >= 0.3 is 0 Å². The lowest BCUT2D eigenvalue weighted by Crippen LogP contribution is -2.51. The van der Waals surface area contributed by atoms with Gasteiger partial charge in [0.25, 0.3) is 5.91 Å². The molecule has 1 aliphatic rings. The quantitative estimate of drug-likeness (QED) is 0.242. The Kier molecular flexibility index (Phi) is 13.2. The molecule has 15 heteroatoms.